The molecule has 0 aliphatic carbocycles. The summed E-state index contributed by atoms with van der Waals surface area (Å²) in [5, 5.41) is 8.93. The van der Waals surface area contributed by atoms with Crippen molar-refractivity contribution in [3.05, 3.63) is 0 Å². The van der Waals surface area contributed by atoms with Crippen LogP contribution in [0.4, 0.5) is 4.39 Å². The Balaban J connectivity index is 2.30. The highest BCUT2D eigenvalue weighted by Gasteiger charge is 2.23. The van der Waals surface area contributed by atoms with E-state index in [1.165, 1.54) is 0 Å². The van der Waals surface area contributed by atoms with E-state index in [0.717, 1.165) is 0 Å². The summed E-state index contributed by atoms with van der Waals surface area (Å²) >= 11 is 0. The Bertz CT molecular complexity index is 97.1. The van der Waals surface area contributed by atoms with Gasteiger partial charge in [-0.25, -0.2) is 4.39 Å². The van der Waals surface area contributed by atoms with Crippen molar-refractivity contribution in [1.82, 2.24) is 4.90 Å². The first kappa shape index (κ1) is 6.96. The zero-order chi connectivity index (χ0) is 6.85. The number of alkyl halides is 1. The van der Waals surface area contributed by atoms with E-state index < -0.39 is 12.4 Å². The van der Waals surface area contributed by atoms with E-state index in [1.54, 1.807) is 11.8 Å². The SMILES string of the molecule is CC(O)N1CC[C@@H](F)C1. The van der Waals surface area contributed by atoms with E-state index in [-0.39, 0.29) is 0 Å². The lowest BCUT2D eigenvalue weighted by Crippen LogP contribution is -2.30. The molecular weight excluding hydrogens is 121 g/mol. The van der Waals surface area contributed by atoms with Crippen LogP contribution in [0.5, 0.6) is 0 Å². The van der Waals surface area contributed by atoms with Crippen molar-refractivity contribution >= 4 is 0 Å². The second-order valence-electron chi connectivity index (χ2n) is 2.51. The molecule has 1 N–H and O–H groups in total. The van der Waals surface area contributed by atoms with Crippen molar-refractivity contribution in [2.75, 3.05) is 13.1 Å². The molecule has 0 aromatic heterocycles. The lowest BCUT2D eigenvalue weighted by molar-refractivity contribution is 0.0325. The van der Waals surface area contributed by atoms with Gasteiger partial charge in [-0.1, -0.05) is 0 Å². The first-order chi connectivity index (χ1) is 4.20. The lowest BCUT2D eigenvalue weighted by atomic mass is 10.3. The monoisotopic (exact) mass is 133 g/mol. The molecule has 9 heavy (non-hydrogen) atoms. The number of hydrogen-bond acceptors (Lipinski definition) is 2. The molecule has 0 aromatic carbocycles. The maximum Gasteiger partial charge on any atom is 0.114 e. The molecule has 0 aromatic rings. The Kier molecular flexibility index (Phi) is 2.03. The van der Waals surface area contributed by atoms with Gasteiger partial charge in [0, 0.05) is 13.1 Å². The van der Waals surface area contributed by atoms with Crippen LogP contribution in [0.2, 0.25) is 0 Å². The van der Waals surface area contributed by atoms with Gasteiger partial charge in [0.25, 0.3) is 0 Å². The topological polar surface area (TPSA) is 23.5 Å². The van der Waals surface area contributed by atoms with Gasteiger partial charge in [-0.2, -0.15) is 0 Å². The summed E-state index contributed by atoms with van der Waals surface area (Å²) in [6, 6.07) is 0. The van der Waals surface area contributed by atoms with Gasteiger partial charge in [-0.15, -0.1) is 0 Å². The zero-order valence-electron chi connectivity index (χ0n) is 5.55. The Morgan fingerprint density at radius 2 is 2.44 bits per heavy atom. The molecule has 1 unspecified atom stereocenters. The van der Waals surface area contributed by atoms with Gasteiger partial charge in [0.2, 0.25) is 0 Å². The van der Waals surface area contributed by atoms with Crippen molar-refractivity contribution in [2.45, 2.75) is 25.7 Å². The fourth-order valence-electron chi connectivity index (χ4n) is 1.08. The third-order valence-electron chi connectivity index (χ3n) is 1.69. The quantitative estimate of drug-likeness (QED) is 0.558. The van der Waals surface area contributed by atoms with E-state index in [9.17, 15) is 4.39 Å². The molecule has 0 saturated carbocycles. The summed E-state index contributed by atoms with van der Waals surface area (Å²) in [7, 11) is 0. The van der Waals surface area contributed by atoms with Gasteiger partial charge in [0.15, 0.2) is 0 Å². The van der Waals surface area contributed by atoms with Crippen LogP contribution < -0.4 is 0 Å². The minimum absolute atomic E-state index is 0.400. The number of likely N-dealkylation sites (tertiary alicyclic amines) is 1. The minimum Gasteiger partial charge on any atom is -0.379 e. The Morgan fingerprint density at radius 1 is 1.78 bits per heavy atom. The van der Waals surface area contributed by atoms with Gasteiger partial charge in [0.1, 0.15) is 12.4 Å². The highest BCUT2D eigenvalue weighted by Crippen LogP contribution is 2.13. The minimum atomic E-state index is -0.723. The van der Waals surface area contributed by atoms with Crippen molar-refractivity contribution < 1.29 is 9.50 Å². The van der Waals surface area contributed by atoms with E-state index in [2.05, 4.69) is 0 Å². The predicted octanol–water partition coefficient (Wildman–Crippen LogP) is 0.368. The van der Waals surface area contributed by atoms with Crippen LogP contribution in [0.15, 0.2) is 0 Å². The number of aliphatic hydroxyl groups excluding tert-OH is 1. The van der Waals surface area contributed by atoms with Crippen molar-refractivity contribution in [3.63, 3.8) is 0 Å². The largest absolute Gasteiger partial charge is 0.379 e. The summed E-state index contributed by atoms with van der Waals surface area (Å²) in [5.41, 5.74) is 0. The van der Waals surface area contributed by atoms with Crippen LogP contribution in [-0.2, 0) is 0 Å². The maximum atomic E-state index is 12.4. The molecule has 1 fully saturated rings. The molecule has 0 amide bonds. The van der Waals surface area contributed by atoms with Crippen LogP contribution >= 0.6 is 0 Å². The summed E-state index contributed by atoms with van der Waals surface area (Å²) < 4.78 is 12.4. The second kappa shape index (κ2) is 2.62. The summed E-state index contributed by atoms with van der Waals surface area (Å²) in [4.78, 5) is 1.73. The van der Waals surface area contributed by atoms with Crippen LogP contribution in [0.25, 0.3) is 0 Å². The molecule has 3 heteroatoms. The Morgan fingerprint density at radius 3 is 2.67 bits per heavy atom. The van der Waals surface area contributed by atoms with Gasteiger partial charge < -0.3 is 5.11 Å². The molecule has 1 aliphatic rings. The first-order valence-electron chi connectivity index (χ1n) is 3.26. The van der Waals surface area contributed by atoms with E-state index in [1.807, 2.05) is 0 Å². The van der Waals surface area contributed by atoms with Gasteiger partial charge in [-0.3, -0.25) is 4.90 Å². The fourth-order valence-corrected chi connectivity index (χ4v) is 1.08. The average Bonchev–Trinajstić information content (AvgIpc) is 2.14. The Hall–Kier alpha value is -0.150. The Labute approximate surface area is 54.3 Å². The molecule has 2 atom stereocenters. The molecule has 1 rings (SSSR count). The van der Waals surface area contributed by atoms with E-state index in [0.29, 0.717) is 19.5 Å². The molecule has 1 heterocycles. The number of aliphatic hydroxyl groups is 1. The van der Waals surface area contributed by atoms with Crippen molar-refractivity contribution in [1.29, 1.82) is 0 Å². The molecule has 54 valence electrons. The van der Waals surface area contributed by atoms with E-state index >= 15 is 0 Å². The van der Waals surface area contributed by atoms with Crippen LogP contribution in [0.3, 0.4) is 0 Å². The third kappa shape index (κ3) is 1.63. The molecule has 1 aliphatic heterocycles. The molecule has 0 spiro atoms. The third-order valence-corrected chi connectivity index (χ3v) is 1.69. The van der Waals surface area contributed by atoms with E-state index in [4.69, 9.17) is 5.11 Å². The summed E-state index contributed by atoms with van der Waals surface area (Å²) in [6.07, 6.45) is -0.629. The number of nitrogens with zero attached hydrogens (tertiary/aromatic N) is 1. The molecule has 1 saturated heterocycles. The van der Waals surface area contributed by atoms with Crippen LogP contribution in [0.1, 0.15) is 13.3 Å². The molecule has 2 nitrogen and oxygen atoms in total. The summed E-state index contributed by atoms with van der Waals surface area (Å²) in [5.74, 6) is 0. The molecular formula is C6H12FNO. The highest BCUT2D eigenvalue weighted by atomic mass is 19.1. The standard InChI is InChI=1S/C6H12FNO/c1-5(9)8-3-2-6(7)4-8/h5-6,9H,2-4H2,1H3/t5?,6-/m1/s1. The number of rotatable bonds is 1. The molecule has 0 radical (unpaired) electrons. The maximum absolute atomic E-state index is 12.4. The zero-order valence-corrected chi connectivity index (χ0v) is 5.55. The normalized spacial score (nSPS) is 33.0. The second-order valence-corrected chi connectivity index (χ2v) is 2.51. The number of hydrogen-bond donors (Lipinski definition) is 1. The summed E-state index contributed by atoms with van der Waals surface area (Å²) in [6.45, 7) is 2.76. The predicted molar refractivity (Wildman–Crippen MR) is 32.8 cm³/mol. The van der Waals surface area contributed by atoms with Gasteiger partial charge in [0.05, 0.1) is 0 Å². The van der Waals surface area contributed by atoms with Crippen molar-refractivity contribution in [2.24, 2.45) is 0 Å². The van der Waals surface area contributed by atoms with Gasteiger partial charge in [-0.05, 0) is 13.3 Å². The van der Waals surface area contributed by atoms with Gasteiger partial charge >= 0.3 is 0 Å². The highest BCUT2D eigenvalue weighted by molar-refractivity contribution is 4.74. The van der Waals surface area contributed by atoms with Crippen LogP contribution in [0, 0.1) is 0 Å². The smallest absolute Gasteiger partial charge is 0.114 e. The van der Waals surface area contributed by atoms with Crippen LogP contribution in [-0.4, -0.2) is 35.5 Å². The lowest BCUT2D eigenvalue weighted by Gasteiger charge is -2.17. The average molecular weight is 133 g/mol. The number of halogens is 1. The molecule has 0 bridgehead atoms. The first-order valence-corrected chi connectivity index (χ1v) is 3.26. The fraction of sp³-hybridized carbons (Fsp3) is 1.00. The van der Waals surface area contributed by atoms with Crippen molar-refractivity contribution in [3.8, 4) is 0 Å².